The highest BCUT2D eigenvalue weighted by Gasteiger charge is 2.34. The molecule has 2 aromatic carbocycles. The van der Waals surface area contributed by atoms with Gasteiger partial charge in [-0.1, -0.05) is 41.4 Å². The van der Waals surface area contributed by atoms with Crippen LogP contribution in [0.2, 0.25) is 5.02 Å². The van der Waals surface area contributed by atoms with Crippen LogP contribution in [0.5, 0.6) is 0 Å². The molecule has 150 valence electrons. The second-order valence-corrected chi connectivity index (χ2v) is 9.71. The molecule has 1 fully saturated rings. The minimum atomic E-state index is -3.59. The first-order valence-corrected chi connectivity index (χ1v) is 11.2. The largest absolute Gasteiger partial charge is 0.341 e. The molecule has 7 heteroatoms. The van der Waals surface area contributed by atoms with Crippen LogP contribution in [-0.4, -0.2) is 43.7 Å². The number of halogens is 1. The van der Waals surface area contributed by atoms with Crippen LogP contribution in [0.1, 0.15) is 24.0 Å². The summed E-state index contributed by atoms with van der Waals surface area (Å²) in [4.78, 5) is 14.8. The number of sulfonamides is 1. The van der Waals surface area contributed by atoms with Crippen LogP contribution in [0.3, 0.4) is 0 Å². The van der Waals surface area contributed by atoms with E-state index in [-0.39, 0.29) is 23.3 Å². The molecule has 1 amide bonds. The van der Waals surface area contributed by atoms with Crippen molar-refractivity contribution in [3.05, 3.63) is 64.7 Å². The van der Waals surface area contributed by atoms with Crippen molar-refractivity contribution in [1.29, 1.82) is 0 Å². The molecule has 0 N–H and O–H groups in total. The first kappa shape index (κ1) is 20.8. The van der Waals surface area contributed by atoms with E-state index in [1.54, 1.807) is 48.3 Å². The van der Waals surface area contributed by atoms with E-state index in [1.165, 1.54) is 4.31 Å². The Morgan fingerprint density at radius 1 is 1.14 bits per heavy atom. The minimum absolute atomic E-state index is 0.0289. The Bertz CT molecular complexity index is 927. The fourth-order valence-electron chi connectivity index (χ4n) is 3.47. The number of amides is 1. The maximum Gasteiger partial charge on any atom is 0.243 e. The molecule has 5 nitrogen and oxygen atoms in total. The van der Waals surface area contributed by atoms with Gasteiger partial charge in [0.25, 0.3) is 0 Å². The minimum Gasteiger partial charge on any atom is -0.341 e. The zero-order valence-electron chi connectivity index (χ0n) is 16.1. The number of nitrogens with zero attached hydrogens (tertiary/aromatic N) is 2. The van der Waals surface area contributed by atoms with Crippen molar-refractivity contribution in [1.82, 2.24) is 9.21 Å². The Hall–Kier alpha value is -1.89. The Morgan fingerprint density at radius 2 is 1.79 bits per heavy atom. The molecule has 28 heavy (non-hydrogen) atoms. The molecule has 1 aliphatic heterocycles. The summed E-state index contributed by atoms with van der Waals surface area (Å²) in [5.74, 6) is -0.356. The molecule has 3 rings (SSSR count). The molecule has 1 atom stereocenters. The molecule has 0 saturated carbocycles. The molecule has 1 aliphatic rings. The van der Waals surface area contributed by atoms with Gasteiger partial charge in [-0.2, -0.15) is 4.31 Å². The van der Waals surface area contributed by atoms with E-state index in [4.69, 9.17) is 11.6 Å². The van der Waals surface area contributed by atoms with Crippen molar-refractivity contribution in [3.8, 4) is 0 Å². The normalized spacial score (nSPS) is 18.0. The highest BCUT2D eigenvalue weighted by Crippen LogP contribution is 2.25. The van der Waals surface area contributed by atoms with Gasteiger partial charge in [0.2, 0.25) is 15.9 Å². The summed E-state index contributed by atoms with van der Waals surface area (Å²) in [7, 11) is -1.83. The number of rotatable bonds is 5. The number of hydrogen-bond acceptors (Lipinski definition) is 3. The molecule has 0 spiro atoms. The molecule has 1 heterocycles. The van der Waals surface area contributed by atoms with Gasteiger partial charge in [0, 0.05) is 31.7 Å². The summed E-state index contributed by atoms with van der Waals surface area (Å²) in [6.45, 7) is 3.06. The topological polar surface area (TPSA) is 57.7 Å². The Kier molecular flexibility index (Phi) is 6.43. The molecule has 0 radical (unpaired) electrons. The van der Waals surface area contributed by atoms with E-state index in [2.05, 4.69) is 0 Å². The van der Waals surface area contributed by atoms with Gasteiger partial charge in [-0.05, 0) is 49.6 Å². The van der Waals surface area contributed by atoms with Crippen LogP contribution in [0.4, 0.5) is 0 Å². The predicted molar refractivity (Wildman–Crippen MR) is 111 cm³/mol. The van der Waals surface area contributed by atoms with Crippen LogP contribution >= 0.6 is 11.6 Å². The molecule has 0 unspecified atom stereocenters. The van der Waals surface area contributed by atoms with Crippen molar-refractivity contribution in [2.45, 2.75) is 31.2 Å². The Morgan fingerprint density at radius 3 is 2.43 bits per heavy atom. The predicted octanol–water partition coefficient (Wildman–Crippen LogP) is 3.71. The molecule has 1 saturated heterocycles. The molecular weight excluding hydrogens is 396 g/mol. The molecule has 0 aromatic heterocycles. The van der Waals surface area contributed by atoms with Gasteiger partial charge in [-0.3, -0.25) is 4.79 Å². The van der Waals surface area contributed by atoms with Crippen LogP contribution in [-0.2, 0) is 21.4 Å². The van der Waals surface area contributed by atoms with E-state index in [0.29, 0.717) is 31.0 Å². The van der Waals surface area contributed by atoms with Crippen molar-refractivity contribution in [2.24, 2.45) is 5.92 Å². The lowest BCUT2D eigenvalue weighted by Crippen LogP contribution is -2.45. The van der Waals surface area contributed by atoms with Crippen molar-refractivity contribution in [3.63, 3.8) is 0 Å². The maximum atomic E-state index is 12.9. The van der Waals surface area contributed by atoms with Crippen LogP contribution in [0.25, 0.3) is 0 Å². The third-order valence-corrected chi connectivity index (χ3v) is 7.23. The quantitative estimate of drug-likeness (QED) is 0.740. The summed E-state index contributed by atoms with van der Waals surface area (Å²) >= 11 is 5.91. The van der Waals surface area contributed by atoms with Gasteiger partial charge >= 0.3 is 0 Å². The first-order valence-electron chi connectivity index (χ1n) is 9.33. The van der Waals surface area contributed by atoms with Crippen molar-refractivity contribution in [2.75, 3.05) is 20.1 Å². The summed E-state index contributed by atoms with van der Waals surface area (Å²) < 4.78 is 27.3. The van der Waals surface area contributed by atoms with Gasteiger partial charge in [0.1, 0.15) is 0 Å². The number of piperidine rings is 1. The van der Waals surface area contributed by atoms with Gasteiger partial charge in [-0.25, -0.2) is 8.42 Å². The molecule has 0 bridgehead atoms. The van der Waals surface area contributed by atoms with Crippen molar-refractivity contribution < 1.29 is 13.2 Å². The summed E-state index contributed by atoms with van der Waals surface area (Å²) in [5, 5.41) is 0.655. The van der Waals surface area contributed by atoms with E-state index >= 15 is 0 Å². The number of carbonyl (C=O) groups excluding carboxylic acids is 1. The fraction of sp³-hybridized carbons (Fsp3) is 0.381. The summed E-state index contributed by atoms with van der Waals surface area (Å²) in [6, 6.07) is 14.2. The summed E-state index contributed by atoms with van der Waals surface area (Å²) in [6.07, 6.45) is 1.37. The maximum absolute atomic E-state index is 12.9. The number of carbonyl (C=O) groups is 1. The standard InChI is InChI=1S/C21H25ClN2O3S/c1-16-5-11-20(12-6-16)28(26,27)24-13-3-4-18(15-24)21(25)23(2)14-17-7-9-19(22)10-8-17/h5-12,18H,3-4,13-15H2,1-2H3/t18-/m1/s1. The zero-order valence-corrected chi connectivity index (χ0v) is 17.7. The van der Waals surface area contributed by atoms with E-state index in [9.17, 15) is 13.2 Å². The summed E-state index contributed by atoms with van der Waals surface area (Å²) in [5.41, 5.74) is 2.00. The second kappa shape index (κ2) is 8.64. The second-order valence-electron chi connectivity index (χ2n) is 7.34. The molecule has 2 aromatic rings. The third kappa shape index (κ3) is 4.74. The highest BCUT2D eigenvalue weighted by atomic mass is 35.5. The number of aryl methyl sites for hydroxylation is 1. The molecular formula is C21H25ClN2O3S. The Labute approximate surface area is 172 Å². The smallest absolute Gasteiger partial charge is 0.243 e. The fourth-order valence-corrected chi connectivity index (χ4v) is 5.12. The van der Waals surface area contributed by atoms with Gasteiger partial charge in [0.15, 0.2) is 0 Å². The van der Waals surface area contributed by atoms with Crippen molar-refractivity contribution >= 4 is 27.5 Å². The van der Waals surface area contributed by atoms with E-state index < -0.39 is 10.0 Å². The monoisotopic (exact) mass is 420 g/mol. The van der Waals surface area contributed by atoms with Crippen LogP contribution in [0, 0.1) is 12.8 Å². The number of hydrogen-bond donors (Lipinski definition) is 0. The van der Waals surface area contributed by atoms with Crippen LogP contribution in [0.15, 0.2) is 53.4 Å². The van der Waals surface area contributed by atoms with Gasteiger partial charge < -0.3 is 4.90 Å². The highest BCUT2D eigenvalue weighted by molar-refractivity contribution is 7.89. The zero-order chi connectivity index (χ0) is 20.3. The van der Waals surface area contributed by atoms with Crippen LogP contribution < -0.4 is 0 Å². The lowest BCUT2D eigenvalue weighted by atomic mass is 9.98. The first-order chi connectivity index (χ1) is 13.3. The van der Waals surface area contributed by atoms with E-state index in [0.717, 1.165) is 11.1 Å². The van der Waals surface area contributed by atoms with E-state index in [1.807, 2.05) is 19.1 Å². The van der Waals surface area contributed by atoms with Gasteiger partial charge in [-0.15, -0.1) is 0 Å². The lowest BCUT2D eigenvalue weighted by Gasteiger charge is -2.33. The Balaban J connectivity index is 1.68. The average Bonchev–Trinajstić information content (AvgIpc) is 2.69. The SMILES string of the molecule is Cc1ccc(S(=O)(=O)N2CCC[C@@H](C(=O)N(C)Cc3ccc(Cl)cc3)C2)cc1. The molecule has 0 aliphatic carbocycles. The third-order valence-electron chi connectivity index (χ3n) is 5.10. The number of benzene rings is 2. The van der Waals surface area contributed by atoms with Gasteiger partial charge in [0.05, 0.1) is 10.8 Å². The average molecular weight is 421 g/mol. The lowest BCUT2D eigenvalue weighted by molar-refractivity contribution is -0.135.